The second kappa shape index (κ2) is 9.41. The number of rotatable bonds is 6. The molecule has 0 aromatic heterocycles. The highest BCUT2D eigenvalue weighted by Crippen LogP contribution is 2.46. The Morgan fingerprint density at radius 2 is 1.54 bits per heavy atom. The van der Waals surface area contributed by atoms with Gasteiger partial charge in [0.2, 0.25) is 0 Å². The Bertz CT molecular complexity index is 1230. The first-order valence-corrected chi connectivity index (χ1v) is 11.9. The van der Waals surface area contributed by atoms with E-state index in [1.165, 1.54) is 12.1 Å². The number of benzene rings is 2. The van der Waals surface area contributed by atoms with E-state index in [-0.39, 0.29) is 23.7 Å². The Labute approximate surface area is 203 Å². The maximum Gasteiger partial charge on any atom is 0.335 e. The minimum absolute atomic E-state index is 0.0952. The molecule has 0 radical (unpaired) electrons. The highest BCUT2D eigenvalue weighted by atomic mass is 16.5. The van der Waals surface area contributed by atoms with E-state index in [2.05, 4.69) is 5.32 Å². The largest absolute Gasteiger partial charge is 0.493 e. The molecule has 35 heavy (non-hydrogen) atoms. The average molecular weight is 474 g/mol. The van der Waals surface area contributed by atoms with Crippen molar-refractivity contribution >= 4 is 17.5 Å². The number of hydrogen-bond acceptors (Lipinski definition) is 6. The number of carboxylic acid groups (broad SMARTS) is 1. The second-order valence-corrected chi connectivity index (χ2v) is 9.10. The number of carbonyl (C=O) groups is 3. The summed E-state index contributed by atoms with van der Waals surface area (Å²) in [5.74, 6) is -0.138. The van der Waals surface area contributed by atoms with E-state index in [1.807, 2.05) is 18.2 Å². The molecule has 0 saturated carbocycles. The molecule has 2 aromatic rings. The van der Waals surface area contributed by atoms with Crippen LogP contribution in [-0.2, 0) is 16.2 Å². The molecule has 0 fully saturated rings. The van der Waals surface area contributed by atoms with Gasteiger partial charge in [-0.05, 0) is 61.1 Å². The smallest absolute Gasteiger partial charge is 0.335 e. The number of ketones is 2. The van der Waals surface area contributed by atoms with Crippen LogP contribution in [0.5, 0.6) is 11.5 Å². The van der Waals surface area contributed by atoms with E-state index < -0.39 is 11.9 Å². The zero-order valence-corrected chi connectivity index (χ0v) is 19.6. The molecule has 0 atom stereocenters. The van der Waals surface area contributed by atoms with Crippen molar-refractivity contribution in [3.8, 4) is 11.5 Å². The van der Waals surface area contributed by atoms with Gasteiger partial charge in [0.1, 0.15) is 6.61 Å². The van der Waals surface area contributed by atoms with Crippen molar-refractivity contribution < 1.29 is 29.0 Å². The molecule has 3 aliphatic rings. The Hall–Kier alpha value is -3.87. The van der Waals surface area contributed by atoms with Gasteiger partial charge >= 0.3 is 5.97 Å². The molecule has 2 aromatic carbocycles. The van der Waals surface area contributed by atoms with Gasteiger partial charge in [-0.15, -0.1) is 0 Å². The summed E-state index contributed by atoms with van der Waals surface area (Å²) in [6.07, 6.45) is 4.23. The van der Waals surface area contributed by atoms with Gasteiger partial charge in [-0.3, -0.25) is 9.59 Å². The summed E-state index contributed by atoms with van der Waals surface area (Å²) in [6, 6.07) is 12.1. The third-order valence-electron chi connectivity index (χ3n) is 6.91. The van der Waals surface area contributed by atoms with Crippen molar-refractivity contribution in [1.82, 2.24) is 5.32 Å². The van der Waals surface area contributed by atoms with Crippen molar-refractivity contribution in [3.05, 3.63) is 81.7 Å². The number of hydrogen-bond donors (Lipinski definition) is 2. The molecule has 180 valence electrons. The summed E-state index contributed by atoms with van der Waals surface area (Å²) in [4.78, 5) is 37.1. The quantitative estimate of drug-likeness (QED) is 0.628. The van der Waals surface area contributed by atoms with Crippen molar-refractivity contribution in [3.63, 3.8) is 0 Å². The van der Waals surface area contributed by atoms with E-state index in [9.17, 15) is 14.4 Å². The lowest BCUT2D eigenvalue weighted by atomic mass is 9.71. The summed E-state index contributed by atoms with van der Waals surface area (Å²) in [5, 5.41) is 12.5. The van der Waals surface area contributed by atoms with Gasteiger partial charge in [0.25, 0.3) is 0 Å². The van der Waals surface area contributed by atoms with E-state index in [1.54, 1.807) is 19.2 Å². The maximum absolute atomic E-state index is 13.0. The Balaban J connectivity index is 1.46. The van der Waals surface area contributed by atoms with Crippen LogP contribution in [0, 0.1) is 0 Å². The first-order valence-electron chi connectivity index (χ1n) is 11.9. The van der Waals surface area contributed by atoms with Gasteiger partial charge in [-0.2, -0.15) is 0 Å². The van der Waals surface area contributed by atoms with Crippen molar-refractivity contribution in [2.75, 3.05) is 7.11 Å². The molecule has 7 heteroatoms. The van der Waals surface area contributed by atoms with Crippen LogP contribution in [0.1, 0.15) is 65.9 Å². The maximum atomic E-state index is 13.0. The topological polar surface area (TPSA) is 102 Å². The van der Waals surface area contributed by atoms with Crippen LogP contribution in [0.4, 0.5) is 0 Å². The third-order valence-corrected chi connectivity index (χ3v) is 6.91. The molecule has 0 spiro atoms. The SMILES string of the molecule is COc1cc(C2C3=C(CCCC3=O)NC3=C2C(=O)CCC3)ccc1OCc1ccc(C(=O)O)cc1. The van der Waals surface area contributed by atoms with E-state index >= 15 is 0 Å². The van der Waals surface area contributed by atoms with Gasteiger partial charge in [-0.1, -0.05) is 18.2 Å². The van der Waals surface area contributed by atoms with Crippen LogP contribution in [0.25, 0.3) is 0 Å². The molecule has 1 heterocycles. The molecule has 0 saturated heterocycles. The van der Waals surface area contributed by atoms with Gasteiger partial charge in [-0.25, -0.2) is 4.79 Å². The van der Waals surface area contributed by atoms with Crippen LogP contribution in [0.15, 0.2) is 65.0 Å². The van der Waals surface area contributed by atoms with Gasteiger partial charge < -0.3 is 19.9 Å². The zero-order chi connectivity index (χ0) is 24.5. The fourth-order valence-electron chi connectivity index (χ4n) is 5.20. The summed E-state index contributed by atoms with van der Waals surface area (Å²) in [7, 11) is 1.56. The lowest BCUT2D eigenvalue weighted by Crippen LogP contribution is -2.36. The number of Topliss-reactive ketones (excluding diaryl/α,β-unsaturated/α-hetero) is 2. The summed E-state index contributed by atoms with van der Waals surface area (Å²) >= 11 is 0. The van der Waals surface area contributed by atoms with Crippen LogP contribution >= 0.6 is 0 Å². The molecule has 2 aliphatic carbocycles. The molecule has 5 rings (SSSR count). The van der Waals surface area contributed by atoms with Crippen molar-refractivity contribution in [1.29, 1.82) is 0 Å². The zero-order valence-electron chi connectivity index (χ0n) is 19.6. The van der Waals surface area contributed by atoms with Gasteiger partial charge in [0.05, 0.1) is 12.7 Å². The Kier molecular flexibility index (Phi) is 6.16. The van der Waals surface area contributed by atoms with Gasteiger partial charge in [0.15, 0.2) is 23.1 Å². The molecule has 0 bridgehead atoms. The number of allylic oxidation sites excluding steroid dienone is 4. The molecular weight excluding hydrogens is 446 g/mol. The number of nitrogens with one attached hydrogen (secondary N) is 1. The minimum Gasteiger partial charge on any atom is -0.493 e. The van der Waals surface area contributed by atoms with E-state index in [0.717, 1.165) is 48.2 Å². The summed E-state index contributed by atoms with van der Waals surface area (Å²) in [5.41, 5.74) is 5.19. The predicted molar refractivity (Wildman–Crippen MR) is 128 cm³/mol. The number of carbonyl (C=O) groups excluding carboxylic acids is 2. The monoisotopic (exact) mass is 473 g/mol. The van der Waals surface area contributed by atoms with Crippen LogP contribution in [0.2, 0.25) is 0 Å². The number of dihydropyridines is 1. The average Bonchev–Trinajstić information content (AvgIpc) is 2.87. The van der Waals surface area contributed by atoms with Crippen LogP contribution < -0.4 is 14.8 Å². The molecular formula is C28H27NO6. The number of methoxy groups -OCH3 is 1. The molecule has 0 unspecified atom stereocenters. The standard InChI is InChI=1S/C28H27NO6/c1-34-24-14-18(12-13-23(24)35-15-16-8-10-17(11-9-16)28(32)33)25-26-19(4-2-6-21(26)30)29-20-5-3-7-22(31)27(20)25/h8-14,25,29H,2-7,15H2,1H3,(H,32,33). The summed E-state index contributed by atoms with van der Waals surface area (Å²) in [6.45, 7) is 0.241. The molecule has 1 aliphatic heterocycles. The van der Waals surface area contributed by atoms with Crippen molar-refractivity contribution in [2.24, 2.45) is 0 Å². The first-order chi connectivity index (χ1) is 17.0. The molecule has 2 N–H and O–H groups in total. The predicted octanol–water partition coefficient (Wildman–Crippen LogP) is 4.67. The number of aromatic carboxylic acids is 1. The lowest BCUT2D eigenvalue weighted by Gasteiger charge is -2.37. The Morgan fingerprint density at radius 3 is 2.11 bits per heavy atom. The Morgan fingerprint density at radius 1 is 0.914 bits per heavy atom. The normalized spacial score (nSPS) is 18.1. The number of ether oxygens (including phenoxy) is 2. The lowest BCUT2D eigenvalue weighted by molar-refractivity contribution is -0.117. The van der Waals surface area contributed by atoms with E-state index in [0.29, 0.717) is 35.5 Å². The summed E-state index contributed by atoms with van der Waals surface area (Å²) < 4.78 is 11.6. The van der Waals surface area contributed by atoms with Crippen LogP contribution in [0.3, 0.4) is 0 Å². The highest BCUT2D eigenvalue weighted by Gasteiger charge is 2.40. The van der Waals surface area contributed by atoms with E-state index in [4.69, 9.17) is 14.6 Å². The number of carboxylic acids is 1. The third kappa shape index (κ3) is 4.34. The van der Waals surface area contributed by atoms with Crippen LogP contribution in [-0.4, -0.2) is 29.8 Å². The fourth-order valence-corrected chi connectivity index (χ4v) is 5.20. The first kappa shape index (κ1) is 22.9. The van der Waals surface area contributed by atoms with Gasteiger partial charge in [0, 0.05) is 41.3 Å². The minimum atomic E-state index is -0.975. The molecule has 7 nitrogen and oxygen atoms in total. The highest BCUT2D eigenvalue weighted by molar-refractivity contribution is 6.06. The van der Waals surface area contributed by atoms with Crippen molar-refractivity contribution in [2.45, 2.75) is 51.0 Å². The second-order valence-electron chi connectivity index (χ2n) is 9.10. The fraction of sp³-hybridized carbons (Fsp3) is 0.321. The molecule has 0 amide bonds.